The molecule has 0 fully saturated rings. The molecule has 0 bridgehead atoms. The Morgan fingerprint density at radius 1 is 0.840 bits per heavy atom. The molecule has 2 aromatic rings. The number of hydrogen-bond donors (Lipinski definition) is 1. The third-order valence-corrected chi connectivity index (χ3v) is 4.10. The second kappa shape index (κ2) is 9.22. The Morgan fingerprint density at radius 3 is 1.76 bits per heavy atom. The second-order valence-corrected chi connectivity index (χ2v) is 6.45. The van der Waals surface area contributed by atoms with Gasteiger partial charge < -0.3 is 14.2 Å². The predicted molar refractivity (Wildman–Crippen MR) is 94.6 cm³/mol. The number of hydrogen-bond acceptors (Lipinski definition) is 5. The van der Waals surface area contributed by atoms with Crippen LogP contribution in [0.4, 0.5) is 0 Å². The van der Waals surface area contributed by atoms with E-state index in [0.717, 1.165) is 11.3 Å². The maximum atomic E-state index is 10.9. The quantitative estimate of drug-likeness (QED) is 0.515. The number of benzene rings is 2. The Hall–Kier alpha value is -2.35. The Bertz CT molecular complexity index is 766. The first-order valence-electron chi connectivity index (χ1n) is 7.62. The van der Waals surface area contributed by atoms with E-state index < -0.39 is 10.1 Å². The van der Waals surface area contributed by atoms with Crippen LogP contribution in [0.25, 0.3) is 6.08 Å². The molecule has 2 rings (SSSR count). The molecule has 0 amide bonds. The summed E-state index contributed by atoms with van der Waals surface area (Å²) in [4.78, 5) is -0.172. The molecule has 2 aromatic carbocycles. The zero-order valence-electron chi connectivity index (χ0n) is 13.6. The van der Waals surface area contributed by atoms with Gasteiger partial charge in [-0.1, -0.05) is 24.8 Å². The van der Waals surface area contributed by atoms with E-state index in [1.54, 1.807) is 6.08 Å². The molecule has 0 spiro atoms. The van der Waals surface area contributed by atoms with Gasteiger partial charge >= 0.3 is 0 Å². The Morgan fingerprint density at radius 2 is 1.32 bits per heavy atom. The molecule has 0 saturated carbocycles. The van der Waals surface area contributed by atoms with E-state index in [2.05, 4.69) is 6.58 Å². The van der Waals surface area contributed by atoms with Gasteiger partial charge in [-0.15, -0.1) is 0 Å². The molecule has 7 heteroatoms. The summed E-state index contributed by atoms with van der Waals surface area (Å²) in [5.41, 5.74) is 1.03. The minimum absolute atomic E-state index is 0.172. The van der Waals surface area contributed by atoms with Crippen molar-refractivity contribution in [1.82, 2.24) is 0 Å². The highest BCUT2D eigenvalue weighted by atomic mass is 32.2. The fourth-order valence-electron chi connectivity index (χ4n) is 1.95. The number of rotatable bonds is 10. The van der Waals surface area contributed by atoms with Crippen molar-refractivity contribution in [1.29, 1.82) is 0 Å². The molecular weight excluding hydrogens is 344 g/mol. The zero-order valence-corrected chi connectivity index (χ0v) is 14.4. The largest absolute Gasteiger partial charge is 0.491 e. The van der Waals surface area contributed by atoms with Gasteiger partial charge in [-0.25, -0.2) is 0 Å². The minimum atomic E-state index is -4.18. The summed E-state index contributed by atoms with van der Waals surface area (Å²) in [6, 6.07) is 13.1. The third-order valence-electron chi connectivity index (χ3n) is 3.23. The lowest BCUT2D eigenvalue weighted by Crippen LogP contribution is -2.12. The predicted octanol–water partition coefficient (Wildman–Crippen LogP) is 3.05. The van der Waals surface area contributed by atoms with E-state index in [1.807, 2.05) is 24.3 Å². The molecule has 0 heterocycles. The number of ether oxygens (including phenoxy) is 3. The van der Waals surface area contributed by atoms with E-state index in [-0.39, 0.29) is 4.90 Å². The van der Waals surface area contributed by atoms with Gasteiger partial charge in [0.25, 0.3) is 10.1 Å². The van der Waals surface area contributed by atoms with Crippen molar-refractivity contribution in [3.8, 4) is 11.5 Å². The average Bonchev–Trinajstić information content (AvgIpc) is 2.61. The van der Waals surface area contributed by atoms with Crippen LogP contribution in [0, 0.1) is 0 Å². The van der Waals surface area contributed by atoms with Crippen LogP contribution >= 0.6 is 0 Å². The third kappa shape index (κ3) is 6.58. The van der Waals surface area contributed by atoms with Gasteiger partial charge in [0.15, 0.2) is 0 Å². The molecule has 0 aromatic heterocycles. The van der Waals surface area contributed by atoms with Gasteiger partial charge in [0.2, 0.25) is 0 Å². The fraction of sp³-hybridized carbons (Fsp3) is 0.222. The molecule has 0 saturated heterocycles. The van der Waals surface area contributed by atoms with Crippen molar-refractivity contribution in [2.24, 2.45) is 0 Å². The van der Waals surface area contributed by atoms with Crippen molar-refractivity contribution >= 4 is 16.2 Å². The SMILES string of the molecule is C=Cc1ccc(OCCOCCOc2ccc(S(=O)(=O)O)cc2)cc1. The maximum absolute atomic E-state index is 10.9. The van der Waals surface area contributed by atoms with Gasteiger partial charge in [-0.05, 0) is 42.0 Å². The molecule has 0 aliphatic heterocycles. The van der Waals surface area contributed by atoms with E-state index in [9.17, 15) is 8.42 Å². The van der Waals surface area contributed by atoms with Crippen molar-refractivity contribution in [3.05, 3.63) is 60.7 Å². The summed E-state index contributed by atoms with van der Waals surface area (Å²) in [6.45, 7) is 5.24. The van der Waals surface area contributed by atoms with Gasteiger partial charge in [0.1, 0.15) is 24.7 Å². The topological polar surface area (TPSA) is 82.1 Å². The van der Waals surface area contributed by atoms with Crippen LogP contribution in [-0.4, -0.2) is 39.4 Å². The molecule has 0 aliphatic carbocycles. The van der Waals surface area contributed by atoms with Crippen LogP contribution in [0.1, 0.15) is 5.56 Å². The van der Waals surface area contributed by atoms with Crippen LogP contribution < -0.4 is 9.47 Å². The Labute approximate surface area is 147 Å². The van der Waals surface area contributed by atoms with Gasteiger partial charge in [0, 0.05) is 0 Å². The fourth-order valence-corrected chi connectivity index (χ4v) is 2.43. The van der Waals surface area contributed by atoms with E-state index in [1.165, 1.54) is 24.3 Å². The summed E-state index contributed by atoms with van der Waals surface area (Å²) in [7, 11) is -4.18. The molecule has 1 N–H and O–H groups in total. The first-order chi connectivity index (χ1) is 12.0. The molecule has 25 heavy (non-hydrogen) atoms. The molecular formula is C18H20O6S. The summed E-state index contributed by atoms with van der Waals surface area (Å²) < 4.78 is 47.1. The highest BCUT2D eigenvalue weighted by Gasteiger charge is 2.08. The van der Waals surface area contributed by atoms with E-state index >= 15 is 0 Å². The van der Waals surface area contributed by atoms with Crippen molar-refractivity contribution in [2.45, 2.75) is 4.90 Å². The Kier molecular flexibility index (Phi) is 7.00. The molecule has 0 radical (unpaired) electrons. The van der Waals surface area contributed by atoms with E-state index in [0.29, 0.717) is 32.2 Å². The molecule has 6 nitrogen and oxygen atoms in total. The van der Waals surface area contributed by atoms with Crippen molar-refractivity contribution in [3.63, 3.8) is 0 Å². The maximum Gasteiger partial charge on any atom is 0.294 e. The average molecular weight is 364 g/mol. The molecule has 0 aliphatic rings. The standard InChI is InChI=1S/C18H20O6S/c1-2-15-3-5-16(6-4-15)23-13-11-22-12-14-24-17-7-9-18(10-8-17)25(19,20)21/h2-10H,1,11-14H2,(H,19,20,21). The highest BCUT2D eigenvalue weighted by molar-refractivity contribution is 7.85. The summed E-state index contributed by atoms with van der Waals surface area (Å²) in [5, 5.41) is 0. The van der Waals surface area contributed by atoms with Crippen molar-refractivity contribution in [2.75, 3.05) is 26.4 Å². The summed E-state index contributed by atoms with van der Waals surface area (Å²) >= 11 is 0. The molecule has 0 atom stereocenters. The smallest absolute Gasteiger partial charge is 0.294 e. The monoisotopic (exact) mass is 364 g/mol. The normalized spacial score (nSPS) is 11.1. The zero-order chi connectivity index (χ0) is 18.1. The minimum Gasteiger partial charge on any atom is -0.491 e. The van der Waals surface area contributed by atoms with Gasteiger partial charge in [-0.2, -0.15) is 8.42 Å². The summed E-state index contributed by atoms with van der Waals surface area (Å²) in [6.07, 6.45) is 1.77. The van der Waals surface area contributed by atoms with Crippen LogP contribution in [0.3, 0.4) is 0 Å². The van der Waals surface area contributed by atoms with Crippen LogP contribution in [0.15, 0.2) is 60.0 Å². The van der Waals surface area contributed by atoms with Crippen LogP contribution in [0.5, 0.6) is 11.5 Å². The van der Waals surface area contributed by atoms with Gasteiger partial charge in [0.05, 0.1) is 18.1 Å². The second-order valence-electron chi connectivity index (χ2n) is 5.03. The van der Waals surface area contributed by atoms with Crippen molar-refractivity contribution < 1.29 is 27.2 Å². The van der Waals surface area contributed by atoms with E-state index in [4.69, 9.17) is 18.8 Å². The van der Waals surface area contributed by atoms with Crippen LogP contribution in [-0.2, 0) is 14.9 Å². The summed E-state index contributed by atoms with van der Waals surface area (Å²) in [5.74, 6) is 1.26. The molecule has 134 valence electrons. The highest BCUT2D eigenvalue weighted by Crippen LogP contribution is 2.15. The molecule has 0 unspecified atom stereocenters. The van der Waals surface area contributed by atoms with Crippen LogP contribution in [0.2, 0.25) is 0 Å². The Balaban J connectivity index is 1.59. The first-order valence-corrected chi connectivity index (χ1v) is 9.06. The lowest BCUT2D eigenvalue weighted by atomic mass is 10.2. The van der Waals surface area contributed by atoms with Gasteiger partial charge in [-0.3, -0.25) is 4.55 Å². The lowest BCUT2D eigenvalue weighted by molar-refractivity contribution is 0.0764. The lowest BCUT2D eigenvalue weighted by Gasteiger charge is -2.09. The first kappa shape index (κ1) is 19.0.